The van der Waals surface area contributed by atoms with Crippen molar-refractivity contribution < 1.29 is 14.6 Å². The average molecular weight is 356 g/mol. The predicted octanol–water partition coefficient (Wildman–Crippen LogP) is 2.90. The Balaban J connectivity index is 2.10. The highest BCUT2D eigenvalue weighted by molar-refractivity contribution is 8.00. The fourth-order valence-corrected chi connectivity index (χ4v) is 3.00. The van der Waals surface area contributed by atoms with E-state index in [0.29, 0.717) is 11.0 Å². The summed E-state index contributed by atoms with van der Waals surface area (Å²) in [5, 5.41) is 17.5. The second kappa shape index (κ2) is 7.35. The Bertz CT molecular complexity index is 865. The third kappa shape index (κ3) is 3.63. The molecule has 0 saturated carbocycles. The number of carboxylic acid groups (broad SMARTS) is 1. The van der Waals surface area contributed by atoms with Crippen molar-refractivity contribution in [3.05, 3.63) is 48.8 Å². The zero-order valence-corrected chi connectivity index (χ0v) is 14.5. The monoisotopic (exact) mass is 356 g/mol. The van der Waals surface area contributed by atoms with Gasteiger partial charge in [-0.05, 0) is 43.3 Å². The van der Waals surface area contributed by atoms with Crippen molar-refractivity contribution in [1.29, 1.82) is 0 Å². The van der Waals surface area contributed by atoms with E-state index in [1.807, 2.05) is 41.0 Å². The quantitative estimate of drug-likeness (QED) is 0.679. The largest absolute Gasteiger partial charge is 0.497 e. The number of carbonyl (C=O) groups is 1. The van der Waals surface area contributed by atoms with E-state index < -0.39 is 11.2 Å². The van der Waals surface area contributed by atoms with Gasteiger partial charge in [-0.15, -0.1) is 10.2 Å². The predicted molar refractivity (Wildman–Crippen MR) is 94.1 cm³/mol. The summed E-state index contributed by atoms with van der Waals surface area (Å²) in [6.07, 6.45) is 3.37. The van der Waals surface area contributed by atoms with Crippen LogP contribution in [0.2, 0.25) is 0 Å². The zero-order valence-electron chi connectivity index (χ0n) is 13.7. The number of hydrogen-bond acceptors (Lipinski definition) is 6. The van der Waals surface area contributed by atoms with E-state index in [1.165, 1.54) is 0 Å². The molecule has 7 nitrogen and oxygen atoms in total. The molecule has 0 aliphatic heterocycles. The second-order valence-electron chi connectivity index (χ2n) is 5.18. The number of methoxy groups -OCH3 is 1. The Morgan fingerprint density at radius 3 is 2.60 bits per heavy atom. The zero-order chi connectivity index (χ0) is 17.8. The topological polar surface area (TPSA) is 90.1 Å². The van der Waals surface area contributed by atoms with Crippen LogP contribution in [-0.4, -0.2) is 43.2 Å². The highest BCUT2D eigenvalue weighted by Crippen LogP contribution is 2.30. The van der Waals surface area contributed by atoms with Crippen LogP contribution in [0.1, 0.15) is 6.92 Å². The number of benzene rings is 1. The molecule has 25 heavy (non-hydrogen) atoms. The summed E-state index contributed by atoms with van der Waals surface area (Å²) >= 11 is 1.14. The normalized spacial score (nSPS) is 11.9. The Labute approximate surface area is 148 Å². The third-order valence-electron chi connectivity index (χ3n) is 3.51. The molecular weight excluding hydrogens is 340 g/mol. The standard InChI is InChI=1S/C17H16N4O3S/c1-11(16(22)23)25-17-20-19-15(12-4-3-9-18-10-12)21(17)13-5-7-14(24-2)8-6-13/h3-11H,1-2H3,(H,22,23)/t11-/m0/s1. The van der Waals surface area contributed by atoms with Gasteiger partial charge in [-0.1, -0.05) is 11.8 Å². The van der Waals surface area contributed by atoms with Crippen LogP contribution in [0.3, 0.4) is 0 Å². The Kier molecular flexibility index (Phi) is 4.99. The van der Waals surface area contributed by atoms with Gasteiger partial charge in [-0.3, -0.25) is 14.3 Å². The van der Waals surface area contributed by atoms with Gasteiger partial charge in [0.15, 0.2) is 11.0 Å². The highest BCUT2D eigenvalue weighted by atomic mass is 32.2. The van der Waals surface area contributed by atoms with Gasteiger partial charge >= 0.3 is 5.97 Å². The maximum atomic E-state index is 11.2. The molecule has 2 aromatic heterocycles. The number of pyridine rings is 1. The van der Waals surface area contributed by atoms with Gasteiger partial charge in [-0.25, -0.2) is 0 Å². The first-order chi connectivity index (χ1) is 12.1. The molecule has 3 aromatic rings. The molecule has 0 unspecified atom stereocenters. The molecule has 0 radical (unpaired) electrons. The third-order valence-corrected chi connectivity index (χ3v) is 4.54. The Hall–Kier alpha value is -2.87. The molecule has 128 valence electrons. The van der Waals surface area contributed by atoms with Crippen molar-refractivity contribution in [3.63, 3.8) is 0 Å². The molecule has 0 saturated heterocycles. The van der Waals surface area contributed by atoms with Crippen molar-refractivity contribution in [3.8, 4) is 22.8 Å². The Morgan fingerprint density at radius 2 is 2.00 bits per heavy atom. The summed E-state index contributed by atoms with van der Waals surface area (Å²) in [6, 6.07) is 11.1. The molecule has 0 aliphatic rings. The molecule has 2 heterocycles. The van der Waals surface area contributed by atoms with Crippen LogP contribution < -0.4 is 4.74 Å². The molecule has 3 rings (SSSR count). The molecule has 8 heteroatoms. The summed E-state index contributed by atoms with van der Waals surface area (Å²) < 4.78 is 7.01. The van der Waals surface area contributed by atoms with Gasteiger partial charge in [0.1, 0.15) is 11.0 Å². The van der Waals surface area contributed by atoms with E-state index in [1.54, 1.807) is 26.4 Å². The van der Waals surface area contributed by atoms with E-state index >= 15 is 0 Å². The molecule has 0 aliphatic carbocycles. The average Bonchev–Trinajstić information content (AvgIpc) is 3.06. The lowest BCUT2D eigenvalue weighted by molar-refractivity contribution is -0.136. The molecular formula is C17H16N4O3S. The number of ether oxygens (including phenoxy) is 1. The van der Waals surface area contributed by atoms with Crippen LogP contribution in [-0.2, 0) is 4.79 Å². The van der Waals surface area contributed by atoms with Crippen molar-refractivity contribution in [2.45, 2.75) is 17.3 Å². The van der Waals surface area contributed by atoms with Crippen LogP contribution in [0.15, 0.2) is 53.9 Å². The van der Waals surface area contributed by atoms with E-state index in [9.17, 15) is 9.90 Å². The van der Waals surface area contributed by atoms with Crippen molar-refractivity contribution in [2.24, 2.45) is 0 Å². The van der Waals surface area contributed by atoms with Crippen LogP contribution >= 0.6 is 11.8 Å². The fourth-order valence-electron chi connectivity index (χ4n) is 2.20. The van der Waals surface area contributed by atoms with Gasteiger partial charge in [0, 0.05) is 23.6 Å². The van der Waals surface area contributed by atoms with Crippen LogP contribution in [0.4, 0.5) is 0 Å². The van der Waals surface area contributed by atoms with Gasteiger partial charge in [-0.2, -0.15) is 0 Å². The van der Waals surface area contributed by atoms with Crippen molar-refractivity contribution >= 4 is 17.7 Å². The lowest BCUT2D eigenvalue weighted by Crippen LogP contribution is -2.12. The maximum absolute atomic E-state index is 11.2. The molecule has 1 aromatic carbocycles. The maximum Gasteiger partial charge on any atom is 0.316 e. The lowest BCUT2D eigenvalue weighted by atomic mass is 10.2. The minimum absolute atomic E-state index is 0.499. The first kappa shape index (κ1) is 17.0. The first-order valence-corrected chi connectivity index (χ1v) is 8.38. The molecule has 1 atom stereocenters. The number of rotatable bonds is 6. The van der Waals surface area contributed by atoms with Crippen LogP contribution in [0, 0.1) is 0 Å². The summed E-state index contributed by atoms with van der Waals surface area (Å²) in [7, 11) is 1.60. The van der Waals surface area contributed by atoms with E-state index in [4.69, 9.17) is 4.74 Å². The van der Waals surface area contributed by atoms with Gasteiger partial charge in [0.2, 0.25) is 0 Å². The first-order valence-electron chi connectivity index (χ1n) is 7.50. The number of carboxylic acids is 1. The van der Waals surface area contributed by atoms with E-state index in [-0.39, 0.29) is 0 Å². The Morgan fingerprint density at radius 1 is 1.24 bits per heavy atom. The van der Waals surface area contributed by atoms with Gasteiger partial charge < -0.3 is 9.84 Å². The minimum atomic E-state index is -0.905. The number of hydrogen-bond donors (Lipinski definition) is 1. The fraction of sp³-hybridized carbons (Fsp3) is 0.176. The molecule has 0 fully saturated rings. The van der Waals surface area contributed by atoms with Gasteiger partial charge in [0.25, 0.3) is 0 Å². The molecule has 0 amide bonds. The van der Waals surface area contributed by atoms with Crippen molar-refractivity contribution in [1.82, 2.24) is 19.7 Å². The summed E-state index contributed by atoms with van der Waals surface area (Å²) in [6.45, 7) is 1.61. The molecule has 0 bridgehead atoms. The summed E-state index contributed by atoms with van der Waals surface area (Å²) in [5.41, 5.74) is 1.60. The summed E-state index contributed by atoms with van der Waals surface area (Å²) in [4.78, 5) is 15.3. The summed E-state index contributed by atoms with van der Waals surface area (Å²) in [5.74, 6) is 0.420. The highest BCUT2D eigenvalue weighted by Gasteiger charge is 2.21. The smallest absolute Gasteiger partial charge is 0.316 e. The SMILES string of the molecule is COc1ccc(-n2c(S[C@@H](C)C(=O)O)nnc2-c2cccnc2)cc1. The van der Waals surface area contributed by atoms with Gasteiger partial charge in [0.05, 0.1) is 7.11 Å². The number of aromatic nitrogens is 4. The number of nitrogens with zero attached hydrogens (tertiary/aromatic N) is 4. The number of thioether (sulfide) groups is 1. The second-order valence-corrected chi connectivity index (χ2v) is 6.49. The van der Waals surface area contributed by atoms with Crippen LogP contribution in [0.25, 0.3) is 17.1 Å². The van der Waals surface area contributed by atoms with E-state index in [2.05, 4.69) is 15.2 Å². The minimum Gasteiger partial charge on any atom is -0.497 e. The van der Waals surface area contributed by atoms with Crippen LogP contribution in [0.5, 0.6) is 5.75 Å². The number of aliphatic carboxylic acids is 1. The van der Waals surface area contributed by atoms with Crippen molar-refractivity contribution in [2.75, 3.05) is 7.11 Å². The molecule has 0 spiro atoms. The lowest BCUT2D eigenvalue weighted by Gasteiger charge is -2.12. The van der Waals surface area contributed by atoms with E-state index in [0.717, 1.165) is 28.8 Å². The molecule has 1 N–H and O–H groups in total.